The van der Waals surface area contributed by atoms with Gasteiger partial charge in [0, 0.05) is 18.2 Å². The Labute approximate surface area is 100 Å². The Balaban J connectivity index is 2.42. The first-order valence-corrected chi connectivity index (χ1v) is 5.70. The van der Waals surface area contributed by atoms with Gasteiger partial charge in [-0.25, -0.2) is 0 Å². The number of aliphatic hydroxyl groups excluding tert-OH is 1. The van der Waals surface area contributed by atoms with E-state index in [9.17, 15) is 9.90 Å². The van der Waals surface area contributed by atoms with Gasteiger partial charge >= 0.3 is 0 Å². The lowest BCUT2D eigenvalue weighted by molar-refractivity contribution is -0.114. The molecule has 0 heterocycles. The SMILES string of the molecule is CO[C@](N)(c1ccccc1C=O)[C@H](O)C1CC1. The standard InChI is InChI=1S/C13H17NO3/c1-17-13(14,12(16)9-6-7-9)11-5-3-2-4-10(11)8-15/h2-5,8-9,12,16H,6-7,14H2,1H3/t12-,13-/m1/s1. The minimum Gasteiger partial charge on any atom is -0.388 e. The van der Waals surface area contributed by atoms with Gasteiger partial charge in [-0.1, -0.05) is 24.3 Å². The molecule has 0 spiro atoms. The summed E-state index contributed by atoms with van der Waals surface area (Å²) in [6.45, 7) is 0. The van der Waals surface area contributed by atoms with E-state index in [1.54, 1.807) is 24.3 Å². The van der Waals surface area contributed by atoms with Crippen molar-refractivity contribution in [3.63, 3.8) is 0 Å². The second kappa shape index (κ2) is 4.56. The molecule has 1 aliphatic rings. The summed E-state index contributed by atoms with van der Waals surface area (Å²) in [6, 6.07) is 6.93. The number of benzene rings is 1. The number of aldehydes is 1. The molecule has 4 heteroatoms. The molecule has 0 unspecified atom stereocenters. The lowest BCUT2D eigenvalue weighted by Gasteiger charge is -2.34. The second-order valence-electron chi connectivity index (χ2n) is 4.48. The van der Waals surface area contributed by atoms with Crippen molar-refractivity contribution in [3.8, 4) is 0 Å². The zero-order chi connectivity index (χ0) is 12.5. The third-order valence-electron chi connectivity index (χ3n) is 3.35. The number of carbonyl (C=O) groups is 1. The Morgan fingerprint density at radius 3 is 2.71 bits per heavy atom. The highest BCUT2D eigenvalue weighted by atomic mass is 16.5. The molecule has 2 atom stereocenters. The quantitative estimate of drug-likeness (QED) is 0.590. The van der Waals surface area contributed by atoms with Crippen molar-refractivity contribution in [1.82, 2.24) is 0 Å². The minimum atomic E-state index is -1.31. The largest absolute Gasteiger partial charge is 0.388 e. The predicted molar refractivity (Wildman–Crippen MR) is 63.4 cm³/mol. The fourth-order valence-electron chi connectivity index (χ4n) is 2.11. The lowest BCUT2D eigenvalue weighted by atomic mass is 9.91. The summed E-state index contributed by atoms with van der Waals surface area (Å²) in [6.07, 6.45) is 1.85. The number of methoxy groups -OCH3 is 1. The first kappa shape index (κ1) is 12.2. The third-order valence-corrected chi connectivity index (χ3v) is 3.35. The normalized spacial score (nSPS) is 20.6. The van der Waals surface area contributed by atoms with Crippen LogP contribution >= 0.6 is 0 Å². The van der Waals surface area contributed by atoms with Gasteiger partial charge in [0.05, 0.1) is 0 Å². The van der Waals surface area contributed by atoms with Crippen molar-refractivity contribution in [3.05, 3.63) is 35.4 Å². The van der Waals surface area contributed by atoms with E-state index in [4.69, 9.17) is 10.5 Å². The Kier molecular flexibility index (Phi) is 3.28. The van der Waals surface area contributed by atoms with Crippen LogP contribution in [0.1, 0.15) is 28.8 Å². The molecule has 1 aliphatic carbocycles. The number of aliphatic hydroxyl groups is 1. The van der Waals surface area contributed by atoms with Crippen LogP contribution in [0.15, 0.2) is 24.3 Å². The number of hydrogen-bond acceptors (Lipinski definition) is 4. The molecule has 3 N–H and O–H groups in total. The van der Waals surface area contributed by atoms with Crippen LogP contribution in [0, 0.1) is 5.92 Å². The van der Waals surface area contributed by atoms with Crippen LogP contribution in [0.25, 0.3) is 0 Å². The van der Waals surface area contributed by atoms with Crippen LogP contribution < -0.4 is 5.73 Å². The van der Waals surface area contributed by atoms with Gasteiger partial charge in [0.15, 0.2) is 5.72 Å². The molecule has 0 bridgehead atoms. The zero-order valence-corrected chi connectivity index (χ0v) is 9.80. The fraction of sp³-hybridized carbons (Fsp3) is 0.462. The van der Waals surface area contributed by atoms with E-state index in [0.29, 0.717) is 11.1 Å². The monoisotopic (exact) mass is 235 g/mol. The summed E-state index contributed by atoms with van der Waals surface area (Å²) in [5.74, 6) is 0.166. The molecule has 0 radical (unpaired) electrons. The molecular weight excluding hydrogens is 218 g/mol. The van der Waals surface area contributed by atoms with Gasteiger partial charge in [0.2, 0.25) is 0 Å². The van der Waals surface area contributed by atoms with Crippen molar-refractivity contribution in [2.24, 2.45) is 11.7 Å². The molecule has 92 valence electrons. The molecule has 0 saturated heterocycles. The number of ether oxygens (including phenoxy) is 1. The molecule has 0 aromatic heterocycles. The molecule has 17 heavy (non-hydrogen) atoms. The highest BCUT2D eigenvalue weighted by molar-refractivity contribution is 5.77. The Hall–Kier alpha value is -1.23. The first-order chi connectivity index (χ1) is 8.13. The Bertz CT molecular complexity index is 417. The van der Waals surface area contributed by atoms with Crippen molar-refractivity contribution in [1.29, 1.82) is 0 Å². The van der Waals surface area contributed by atoms with E-state index < -0.39 is 11.8 Å². The van der Waals surface area contributed by atoms with Gasteiger partial charge in [-0.15, -0.1) is 0 Å². The van der Waals surface area contributed by atoms with Gasteiger partial charge in [0.1, 0.15) is 12.4 Å². The molecule has 2 rings (SSSR count). The van der Waals surface area contributed by atoms with E-state index in [-0.39, 0.29) is 5.92 Å². The second-order valence-corrected chi connectivity index (χ2v) is 4.48. The predicted octanol–water partition coefficient (Wildman–Crippen LogP) is 1.03. The van der Waals surface area contributed by atoms with Crippen molar-refractivity contribution >= 4 is 6.29 Å². The van der Waals surface area contributed by atoms with Crippen molar-refractivity contribution in [2.45, 2.75) is 24.7 Å². The van der Waals surface area contributed by atoms with E-state index in [1.165, 1.54) is 7.11 Å². The molecule has 4 nitrogen and oxygen atoms in total. The van der Waals surface area contributed by atoms with Gasteiger partial charge in [-0.05, 0) is 18.8 Å². The van der Waals surface area contributed by atoms with E-state index in [1.807, 2.05) is 0 Å². The Morgan fingerprint density at radius 2 is 2.18 bits per heavy atom. The average molecular weight is 235 g/mol. The highest BCUT2D eigenvalue weighted by Gasteiger charge is 2.45. The Morgan fingerprint density at radius 1 is 1.53 bits per heavy atom. The van der Waals surface area contributed by atoms with Crippen LogP contribution in [-0.4, -0.2) is 24.6 Å². The highest BCUT2D eigenvalue weighted by Crippen LogP contribution is 2.40. The first-order valence-electron chi connectivity index (χ1n) is 5.70. The fourth-order valence-corrected chi connectivity index (χ4v) is 2.11. The van der Waals surface area contributed by atoms with Crippen LogP contribution in [0.4, 0.5) is 0 Å². The maximum Gasteiger partial charge on any atom is 0.169 e. The number of rotatable bonds is 5. The zero-order valence-electron chi connectivity index (χ0n) is 9.80. The molecule has 0 amide bonds. The van der Waals surface area contributed by atoms with Crippen LogP contribution in [0.2, 0.25) is 0 Å². The smallest absolute Gasteiger partial charge is 0.169 e. The van der Waals surface area contributed by atoms with Gasteiger partial charge in [-0.3, -0.25) is 10.5 Å². The molecule has 1 aromatic carbocycles. The average Bonchev–Trinajstić information content (AvgIpc) is 3.21. The summed E-state index contributed by atoms with van der Waals surface area (Å²) in [4.78, 5) is 11.0. The number of carbonyl (C=O) groups excluding carboxylic acids is 1. The van der Waals surface area contributed by atoms with E-state index >= 15 is 0 Å². The minimum absolute atomic E-state index is 0.166. The van der Waals surface area contributed by atoms with Crippen molar-refractivity contribution in [2.75, 3.05) is 7.11 Å². The van der Waals surface area contributed by atoms with E-state index in [2.05, 4.69) is 0 Å². The third kappa shape index (κ3) is 2.11. The molecular formula is C13H17NO3. The summed E-state index contributed by atoms with van der Waals surface area (Å²) >= 11 is 0. The van der Waals surface area contributed by atoms with Crippen LogP contribution in [-0.2, 0) is 10.5 Å². The molecule has 1 aromatic rings. The van der Waals surface area contributed by atoms with Gasteiger partial charge < -0.3 is 9.84 Å². The maximum absolute atomic E-state index is 11.0. The lowest BCUT2D eigenvalue weighted by Crippen LogP contribution is -2.51. The van der Waals surface area contributed by atoms with Crippen LogP contribution in [0.3, 0.4) is 0 Å². The molecule has 1 fully saturated rings. The maximum atomic E-state index is 11.0. The van der Waals surface area contributed by atoms with Gasteiger partial charge in [0.25, 0.3) is 0 Å². The number of nitrogens with two attached hydrogens (primary N) is 1. The summed E-state index contributed by atoms with van der Waals surface area (Å²) in [7, 11) is 1.45. The van der Waals surface area contributed by atoms with Crippen LogP contribution in [0.5, 0.6) is 0 Å². The topological polar surface area (TPSA) is 72.5 Å². The summed E-state index contributed by atoms with van der Waals surface area (Å²) in [5.41, 5.74) is 5.84. The van der Waals surface area contributed by atoms with Gasteiger partial charge in [-0.2, -0.15) is 0 Å². The van der Waals surface area contributed by atoms with E-state index in [0.717, 1.165) is 19.1 Å². The summed E-state index contributed by atoms with van der Waals surface area (Å²) in [5, 5.41) is 10.2. The summed E-state index contributed by atoms with van der Waals surface area (Å²) < 4.78 is 5.30. The molecule has 1 saturated carbocycles. The number of hydrogen-bond donors (Lipinski definition) is 2. The molecule has 0 aliphatic heterocycles. The van der Waals surface area contributed by atoms with Crippen molar-refractivity contribution < 1.29 is 14.6 Å².